The molecule has 3 aromatic carbocycles. The van der Waals surface area contributed by atoms with Crippen LogP contribution in [-0.4, -0.2) is 43.4 Å². The summed E-state index contributed by atoms with van der Waals surface area (Å²) >= 11 is 0. The Labute approximate surface area is 177 Å². The Morgan fingerprint density at radius 3 is 2.47 bits per heavy atom. The number of sulfone groups is 1. The third-order valence-corrected chi connectivity index (χ3v) is 7.27. The van der Waals surface area contributed by atoms with Gasteiger partial charge >= 0.3 is 0 Å². The lowest BCUT2D eigenvalue weighted by molar-refractivity contribution is 0.0683. The summed E-state index contributed by atoms with van der Waals surface area (Å²) in [5.74, 6) is 0.778. The van der Waals surface area contributed by atoms with E-state index in [-0.39, 0.29) is 23.5 Å². The number of nitrogens with zero attached hydrogens (tertiary/aromatic N) is 1. The molecular weight excluding hydrogens is 398 g/mol. The zero-order valence-electron chi connectivity index (χ0n) is 17.0. The van der Waals surface area contributed by atoms with Crippen molar-refractivity contribution in [3.63, 3.8) is 0 Å². The van der Waals surface area contributed by atoms with Crippen LogP contribution in [0.4, 0.5) is 0 Å². The molecule has 4 rings (SSSR count). The summed E-state index contributed by atoms with van der Waals surface area (Å²) in [7, 11) is -3.12. The van der Waals surface area contributed by atoms with Crippen LogP contribution in [0.5, 0.6) is 5.75 Å². The summed E-state index contributed by atoms with van der Waals surface area (Å²) in [4.78, 5) is 15.4. The molecule has 0 saturated carbocycles. The molecule has 30 heavy (non-hydrogen) atoms. The number of benzene rings is 3. The van der Waals surface area contributed by atoms with Crippen LogP contribution in [-0.2, 0) is 16.4 Å². The first-order valence-electron chi connectivity index (χ1n) is 10.2. The summed E-state index contributed by atoms with van der Waals surface area (Å²) in [6.07, 6.45) is 0.468. The minimum atomic E-state index is -3.12. The number of rotatable bonds is 6. The maximum Gasteiger partial charge on any atom is 0.255 e. The van der Waals surface area contributed by atoms with Gasteiger partial charge in [0.25, 0.3) is 5.91 Å². The van der Waals surface area contributed by atoms with Gasteiger partial charge in [-0.15, -0.1) is 0 Å². The van der Waals surface area contributed by atoms with E-state index in [1.807, 2.05) is 73.7 Å². The fourth-order valence-corrected chi connectivity index (χ4v) is 5.74. The molecule has 0 radical (unpaired) electrons. The third kappa shape index (κ3) is 4.33. The highest BCUT2D eigenvalue weighted by Crippen LogP contribution is 2.26. The number of hydrogen-bond donors (Lipinski definition) is 0. The highest BCUT2D eigenvalue weighted by atomic mass is 32.2. The van der Waals surface area contributed by atoms with E-state index in [9.17, 15) is 13.2 Å². The first kappa shape index (κ1) is 20.4. The van der Waals surface area contributed by atoms with Crippen LogP contribution in [0.25, 0.3) is 10.8 Å². The average Bonchev–Trinajstić information content (AvgIpc) is 3.12. The topological polar surface area (TPSA) is 63.7 Å². The van der Waals surface area contributed by atoms with Gasteiger partial charge < -0.3 is 9.64 Å². The molecule has 0 spiro atoms. The van der Waals surface area contributed by atoms with Gasteiger partial charge in [-0.3, -0.25) is 4.79 Å². The van der Waals surface area contributed by atoms with Crippen LogP contribution < -0.4 is 4.74 Å². The van der Waals surface area contributed by atoms with Gasteiger partial charge in [-0.1, -0.05) is 48.5 Å². The van der Waals surface area contributed by atoms with E-state index in [1.54, 1.807) is 4.90 Å². The second-order valence-corrected chi connectivity index (χ2v) is 9.82. The van der Waals surface area contributed by atoms with Crippen molar-refractivity contribution in [2.75, 3.05) is 18.1 Å². The van der Waals surface area contributed by atoms with Crippen LogP contribution in [0.2, 0.25) is 0 Å². The predicted molar refractivity (Wildman–Crippen MR) is 118 cm³/mol. The Bertz CT molecular complexity index is 1150. The van der Waals surface area contributed by atoms with Crippen molar-refractivity contribution in [3.05, 3.63) is 77.9 Å². The molecule has 1 aliphatic heterocycles. The van der Waals surface area contributed by atoms with Gasteiger partial charge in [0.2, 0.25) is 0 Å². The lowest BCUT2D eigenvalue weighted by atomic mass is 10.0. The number of carbonyl (C=O) groups is 1. The smallest absolute Gasteiger partial charge is 0.255 e. The largest absolute Gasteiger partial charge is 0.494 e. The molecule has 1 fully saturated rings. The van der Waals surface area contributed by atoms with Crippen molar-refractivity contribution in [3.8, 4) is 5.75 Å². The lowest BCUT2D eigenvalue weighted by Crippen LogP contribution is -2.40. The number of amides is 1. The monoisotopic (exact) mass is 423 g/mol. The van der Waals surface area contributed by atoms with Gasteiger partial charge in [-0.25, -0.2) is 8.42 Å². The predicted octanol–water partition coefficient (Wildman–Crippen LogP) is 4.07. The zero-order chi connectivity index (χ0) is 21.1. The summed E-state index contributed by atoms with van der Waals surface area (Å²) in [5.41, 5.74) is 1.54. The standard InChI is InChI=1S/C24H25NO4S/c1-2-29-21-12-10-18(11-13-21)16-25(20-14-15-30(27,28)17-20)24(26)23-9-5-7-19-6-3-4-8-22(19)23/h3-13,20H,2,14-17H2,1H3. The first-order chi connectivity index (χ1) is 14.5. The molecular formula is C24H25NO4S. The van der Waals surface area contributed by atoms with Crippen LogP contribution in [0.15, 0.2) is 66.7 Å². The van der Waals surface area contributed by atoms with Crippen LogP contribution in [0.3, 0.4) is 0 Å². The van der Waals surface area contributed by atoms with Crippen molar-refractivity contribution in [1.82, 2.24) is 4.90 Å². The molecule has 0 aliphatic carbocycles. The van der Waals surface area contributed by atoms with Gasteiger partial charge in [0.05, 0.1) is 18.1 Å². The molecule has 1 heterocycles. The zero-order valence-corrected chi connectivity index (χ0v) is 17.8. The van der Waals surface area contributed by atoms with Crippen molar-refractivity contribution in [2.45, 2.75) is 25.9 Å². The summed E-state index contributed by atoms with van der Waals surface area (Å²) in [5, 5.41) is 1.87. The van der Waals surface area contributed by atoms with E-state index in [2.05, 4.69) is 0 Å². The Morgan fingerprint density at radius 1 is 1.03 bits per heavy atom. The number of hydrogen-bond acceptors (Lipinski definition) is 4. The van der Waals surface area contributed by atoms with E-state index < -0.39 is 9.84 Å². The van der Waals surface area contributed by atoms with E-state index in [4.69, 9.17) is 4.74 Å². The highest BCUT2D eigenvalue weighted by Gasteiger charge is 2.35. The van der Waals surface area contributed by atoms with E-state index in [1.165, 1.54) is 0 Å². The molecule has 1 unspecified atom stereocenters. The maximum atomic E-state index is 13.6. The van der Waals surface area contributed by atoms with Crippen LogP contribution in [0, 0.1) is 0 Å². The van der Waals surface area contributed by atoms with Gasteiger partial charge in [-0.05, 0) is 47.9 Å². The van der Waals surface area contributed by atoms with Crippen LogP contribution in [0.1, 0.15) is 29.3 Å². The molecule has 6 heteroatoms. The molecule has 1 saturated heterocycles. The van der Waals surface area contributed by atoms with Crippen molar-refractivity contribution >= 4 is 26.5 Å². The van der Waals surface area contributed by atoms with E-state index in [0.717, 1.165) is 22.1 Å². The Morgan fingerprint density at radius 2 is 1.77 bits per heavy atom. The third-order valence-electron chi connectivity index (χ3n) is 5.52. The minimum Gasteiger partial charge on any atom is -0.494 e. The van der Waals surface area contributed by atoms with Gasteiger partial charge in [0, 0.05) is 18.2 Å². The Kier molecular flexibility index (Phi) is 5.77. The Hall–Kier alpha value is -2.86. The molecule has 1 atom stereocenters. The SMILES string of the molecule is CCOc1ccc(CN(C(=O)c2cccc3ccccc23)C2CCS(=O)(=O)C2)cc1. The van der Waals surface area contributed by atoms with Gasteiger partial charge in [0.15, 0.2) is 9.84 Å². The molecule has 1 amide bonds. The highest BCUT2D eigenvalue weighted by molar-refractivity contribution is 7.91. The summed E-state index contributed by atoms with van der Waals surface area (Å²) in [6, 6.07) is 20.7. The molecule has 0 bridgehead atoms. The first-order valence-corrected chi connectivity index (χ1v) is 12.0. The number of fused-ring (bicyclic) bond motifs is 1. The summed E-state index contributed by atoms with van der Waals surface area (Å²) < 4.78 is 29.8. The maximum absolute atomic E-state index is 13.6. The Balaban J connectivity index is 1.68. The average molecular weight is 424 g/mol. The fourth-order valence-electron chi connectivity index (χ4n) is 4.01. The second kappa shape index (κ2) is 8.48. The molecule has 3 aromatic rings. The minimum absolute atomic E-state index is 0.0144. The molecule has 1 aliphatic rings. The summed E-state index contributed by atoms with van der Waals surface area (Å²) in [6.45, 7) is 2.87. The fraction of sp³-hybridized carbons (Fsp3) is 0.292. The van der Waals surface area contributed by atoms with Crippen molar-refractivity contribution in [1.29, 1.82) is 0 Å². The van der Waals surface area contributed by atoms with Gasteiger partial charge in [-0.2, -0.15) is 0 Å². The number of ether oxygens (including phenoxy) is 1. The van der Waals surface area contributed by atoms with Crippen LogP contribution >= 0.6 is 0 Å². The molecule has 5 nitrogen and oxygen atoms in total. The second-order valence-electron chi connectivity index (χ2n) is 7.59. The van der Waals surface area contributed by atoms with E-state index in [0.29, 0.717) is 25.1 Å². The van der Waals surface area contributed by atoms with E-state index >= 15 is 0 Å². The van der Waals surface area contributed by atoms with Gasteiger partial charge in [0.1, 0.15) is 5.75 Å². The lowest BCUT2D eigenvalue weighted by Gasteiger charge is -2.29. The van der Waals surface area contributed by atoms with Crippen molar-refractivity contribution in [2.24, 2.45) is 0 Å². The molecule has 0 aromatic heterocycles. The molecule has 156 valence electrons. The normalized spacial score (nSPS) is 17.7. The molecule has 0 N–H and O–H groups in total. The quantitative estimate of drug-likeness (QED) is 0.600. The number of carbonyl (C=O) groups excluding carboxylic acids is 1. The van der Waals surface area contributed by atoms with Crippen molar-refractivity contribution < 1.29 is 17.9 Å².